The van der Waals surface area contributed by atoms with Crippen molar-refractivity contribution in [2.45, 2.75) is 13.5 Å². The molecule has 7 heteroatoms. The minimum atomic E-state index is -0.554. The van der Waals surface area contributed by atoms with Crippen LogP contribution in [-0.2, 0) is 11.3 Å². The topological polar surface area (TPSA) is 90.1 Å². The molecule has 19 heavy (non-hydrogen) atoms. The highest BCUT2D eigenvalue weighted by Crippen LogP contribution is 2.10. The number of nitrogens with zero attached hydrogens (tertiary/aromatic N) is 3. The Kier molecular flexibility index (Phi) is 3.56. The Bertz CT molecular complexity index is 621. The largest absolute Gasteiger partial charge is 0.324 e. The van der Waals surface area contributed by atoms with Crippen LogP contribution in [0.5, 0.6) is 0 Å². The third-order valence-electron chi connectivity index (χ3n) is 2.44. The van der Waals surface area contributed by atoms with Gasteiger partial charge >= 0.3 is 5.69 Å². The molecule has 1 amide bonds. The number of amides is 1. The summed E-state index contributed by atoms with van der Waals surface area (Å²) in [5, 5.41) is 16.9. The molecule has 2 aromatic rings. The zero-order valence-electron chi connectivity index (χ0n) is 10.2. The molecule has 0 saturated heterocycles. The van der Waals surface area contributed by atoms with Crippen LogP contribution in [0.2, 0.25) is 0 Å². The van der Waals surface area contributed by atoms with Crippen molar-refractivity contribution in [1.29, 1.82) is 0 Å². The molecule has 1 aromatic carbocycles. The van der Waals surface area contributed by atoms with Crippen molar-refractivity contribution < 1.29 is 9.72 Å². The Balaban J connectivity index is 1.99. The summed E-state index contributed by atoms with van der Waals surface area (Å²) >= 11 is 0. The van der Waals surface area contributed by atoms with Crippen LogP contribution in [0.1, 0.15) is 5.56 Å². The quantitative estimate of drug-likeness (QED) is 0.669. The van der Waals surface area contributed by atoms with E-state index in [2.05, 4.69) is 10.4 Å². The highest BCUT2D eigenvalue weighted by atomic mass is 16.6. The molecule has 98 valence electrons. The van der Waals surface area contributed by atoms with E-state index in [4.69, 9.17) is 0 Å². The normalized spacial score (nSPS) is 10.2. The zero-order valence-corrected chi connectivity index (χ0v) is 10.2. The lowest BCUT2D eigenvalue weighted by Crippen LogP contribution is -2.19. The Morgan fingerprint density at radius 1 is 1.53 bits per heavy atom. The molecule has 0 bridgehead atoms. The molecule has 0 aliphatic carbocycles. The number of anilines is 1. The first-order chi connectivity index (χ1) is 9.04. The number of rotatable bonds is 4. The van der Waals surface area contributed by atoms with Gasteiger partial charge in [-0.05, 0) is 24.6 Å². The summed E-state index contributed by atoms with van der Waals surface area (Å²) in [5.74, 6) is -0.288. The first-order valence-electron chi connectivity index (χ1n) is 5.58. The first-order valence-corrected chi connectivity index (χ1v) is 5.58. The van der Waals surface area contributed by atoms with Gasteiger partial charge in [0.15, 0.2) is 0 Å². The fraction of sp³-hybridized carbons (Fsp3) is 0.167. The average molecular weight is 260 g/mol. The number of aryl methyl sites for hydroxylation is 1. The summed E-state index contributed by atoms with van der Waals surface area (Å²) in [6, 6.07) is 7.37. The van der Waals surface area contributed by atoms with Crippen molar-refractivity contribution in [2.75, 3.05) is 5.32 Å². The standard InChI is InChI=1S/C12H12N4O3/c1-9-3-2-4-10(5-9)14-12(17)8-15-7-11(6-13-15)16(18)19/h2-7H,8H2,1H3,(H,14,17). The molecule has 0 aliphatic heterocycles. The monoisotopic (exact) mass is 260 g/mol. The summed E-state index contributed by atoms with van der Waals surface area (Å²) < 4.78 is 1.23. The molecule has 2 rings (SSSR count). The fourth-order valence-corrected chi connectivity index (χ4v) is 1.60. The lowest BCUT2D eigenvalue weighted by atomic mass is 10.2. The molecule has 0 aliphatic rings. The zero-order chi connectivity index (χ0) is 13.8. The molecule has 0 unspecified atom stereocenters. The van der Waals surface area contributed by atoms with Gasteiger partial charge in [-0.25, -0.2) is 0 Å². The van der Waals surface area contributed by atoms with E-state index in [0.717, 1.165) is 11.8 Å². The van der Waals surface area contributed by atoms with Gasteiger partial charge in [0.2, 0.25) is 5.91 Å². The molecule has 0 saturated carbocycles. The van der Waals surface area contributed by atoms with Crippen molar-refractivity contribution in [2.24, 2.45) is 0 Å². The van der Waals surface area contributed by atoms with Crippen LogP contribution in [0.3, 0.4) is 0 Å². The number of benzene rings is 1. The van der Waals surface area contributed by atoms with Crippen LogP contribution in [0.25, 0.3) is 0 Å². The second kappa shape index (κ2) is 5.30. The van der Waals surface area contributed by atoms with E-state index in [1.54, 1.807) is 6.07 Å². The second-order valence-electron chi connectivity index (χ2n) is 4.07. The molecule has 1 N–H and O–H groups in total. The van der Waals surface area contributed by atoms with Crippen LogP contribution in [0.15, 0.2) is 36.7 Å². The Morgan fingerprint density at radius 3 is 2.95 bits per heavy atom. The maximum atomic E-state index is 11.7. The highest BCUT2D eigenvalue weighted by Gasteiger charge is 2.11. The van der Waals surface area contributed by atoms with Crippen LogP contribution in [-0.4, -0.2) is 20.6 Å². The van der Waals surface area contributed by atoms with Crippen LogP contribution >= 0.6 is 0 Å². The molecular weight excluding hydrogens is 248 g/mol. The molecule has 0 spiro atoms. The molecule has 0 fully saturated rings. The summed E-state index contributed by atoms with van der Waals surface area (Å²) in [7, 11) is 0. The van der Waals surface area contributed by atoms with E-state index >= 15 is 0 Å². The van der Waals surface area contributed by atoms with Gasteiger partial charge in [0, 0.05) is 5.69 Å². The molecule has 7 nitrogen and oxygen atoms in total. The van der Waals surface area contributed by atoms with E-state index < -0.39 is 4.92 Å². The number of carbonyl (C=O) groups is 1. The Labute approximate surface area is 109 Å². The minimum absolute atomic E-state index is 0.0677. The van der Waals surface area contributed by atoms with Crippen LogP contribution in [0.4, 0.5) is 11.4 Å². The van der Waals surface area contributed by atoms with Crippen molar-refractivity contribution in [3.8, 4) is 0 Å². The summed E-state index contributed by atoms with van der Waals surface area (Å²) in [4.78, 5) is 21.7. The van der Waals surface area contributed by atoms with Crippen molar-refractivity contribution in [1.82, 2.24) is 9.78 Å². The maximum Gasteiger partial charge on any atom is 0.307 e. The molecule has 1 heterocycles. The van der Waals surface area contributed by atoms with E-state index in [1.807, 2.05) is 25.1 Å². The fourth-order valence-electron chi connectivity index (χ4n) is 1.60. The minimum Gasteiger partial charge on any atom is -0.324 e. The number of carbonyl (C=O) groups excluding carboxylic acids is 1. The first kappa shape index (κ1) is 12.7. The lowest BCUT2D eigenvalue weighted by Gasteiger charge is -2.05. The predicted molar refractivity (Wildman–Crippen MR) is 68.7 cm³/mol. The number of hydrogen-bond acceptors (Lipinski definition) is 4. The summed E-state index contributed by atoms with van der Waals surface area (Å²) in [6.45, 7) is 1.86. The van der Waals surface area contributed by atoms with Crippen LogP contribution in [0, 0.1) is 17.0 Å². The van der Waals surface area contributed by atoms with Gasteiger partial charge in [-0.1, -0.05) is 12.1 Å². The van der Waals surface area contributed by atoms with Gasteiger partial charge in [-0.15, -0.1) is 0 Å². The second-order valence-corrected chi connectivity index (χ2v) is 4.07. The van der Waals surface area contributed by atoms with E-state index in [0.29, 0.717) is 5.69 Å². The Morgan fingerprint density at radius 2 is 2.32 bits per heavy atom. The van der Waals surface area contributed by atoms with Crippen LogP contribution < -0.4 is 5.32 Å². The number of hydrogen-bond donors (Lipinski definition) is 1. The van der Waals surface area contributed by atoms with Gasteiger partial charge < -0.3 is 5.32 Å². The number of nitro groups is 1. The van der Waals surface area contributed by atoms with Gasteiger partial charge in [0.05, 0.1) is 4.92 Å². The molecule has 0 radical (unpaired) electrons. The smallest absolute Gasteiger partial charge is 0.307 e. The van der Waals surface area contributed by atoms with E-state index in [9.17, 15) is 14.9 Å². The van der Waals surface area contributed by atoms with E-state index in [1.165, 1.54) is 10.9 Å². The van der Waals surface area contributed by atoms with Crippen molar-refractivity contribution in [3.63, 3.8) is 0 Å². The average Bonchev–Trinajstić information content (AvgIpc) is 2.77. The number of aromatic nitrogens is 2. The molecular formula is C12H12N4O3. The Hall–Kier alpha value is -2.70. The predicted octanol–water partition coefficient (Wildman–Crippen LogP) is 1.74. The maximum absolute atomic E-state index is 11.7. The van der Waals surface area contributed by atoms with Gasteiger partial charge in [0.25, 0.3) is 0 Å². The summed E-state index contributed by atoms with van der Waals surface area (Å²) in [5.41, 5.74) is 1.59. The van der Waals surface area contributed by atoms with Gasteiger partial charge in [-0.3, -0.25) is 19.6 Å². The highest BCUT2D eigenvalue weighted by molar-refractivity contribution is 5.90. The number of nitrogens with one attached hydrogen (secondary N) is 1. The van der Waals surface area contributed by atoms with Gasteiger partial charge in [-0.2, -0.15) is 5.10 Å². The third-order valence-corrected chi connectivity index (χ3v) is 2.44. The SMILES string of the molecule is Cc1cccc(NC(=O)Cn2cc([N+](=O)[O-])cn2)c1. The van der Waals surface area contributed by atoms with Gasteiger partial charge in [0.1, 0.15) is 18.9 Å². The summed E-state index contributed by atoms with van der Waals surface area (Å²) in [6.07, 6.45) is 2.33. The molecule has 0 atom stereocenters. The van der Waals surface area contributed by atoms with Crippen molar-refractivity contribution in [3.05, 3.63) is 52.3 Å². The van der Waals surface area contributed by atoms with E-state index in [-0.39, 0.29) is 18.1 Å². The third kappa shape index (κ3) is 3.38. The van der Waals surface area contributed by atoms with Crippen molar-refractivity contribution >= 4 is 17.3 Å². The molecule has 1 aromatic heterocycles. The lowest BCUT2D eigenvalue weighted by molar-refractivity contribution is -0.385.